The minimum Gasteiger partial charge on any atom is -0.375 e. The Kier molecular flexibility index (Phi) is 4.02. The zero-order valence-corrected chi connectivity index (χ0v) is 8.36. The van der Waals surface area contributed by atoms with E-state index in [4.69, 9.17) is 4.74 Å². The molecule has 0 amide bonds. The van der Waals surface area contributed by atoms with Gasteiger partial charge in [-0.25, -0.2) is 0 Å². The van der Waals surface area contributed by atoms with Crippen molar-refractivity contribution in [2.24, 2.45) is 0 Å². The molecule has 0 heterocycles. The van der Waals surface area contributed by atoms with Gasteiger partial charge in [-0.3, -0.25) is 0 Å². The monoisotopic (exact) mass is 171 g/mol. The molecule has 1 saturated carbocycles. The highest BCUT2D eigenvalue weighted by Gasteiger charge is 2.36. The van der Waals surface area contributed by atoms with Crippen LogP contribution in [0.15, 0.2) is 0 Å². The largest absolute Gasteiger partial charge is 0.375 e. The summed E-state index contributed by atoms with van der Waals surface area (Å²) in [5.41, 5.74) is 0.261. The maximum absolute atomic E-state index is 5.77. The zero-order valence-electron chi connectivity index (χ0n) is 8.36. The van der Waals surface area contributed by atoms with Crippen molar-refractivity contribution in [3.8, 4) is 0 Å². The van der Waals surface area contributed by atoms with Crippen LogP contribution in [0.1, 0.15) is 39.5 Å². The maximum atomic E-state index is 5.77. The molecule has 1 fully saturated rings. The first-order valence-corrected chi connectivity index (χ1v) is 5.17. The van der Waals surface area contributed by atoms with Crippen LogP contribution in [0.3, 0.4) is 0 Å². The van der Waals surface area contributed by atoms with Crippen LogP contribution in [0.4, 0.5) is 0 Å². The number of nitrogens with one attached hydrogen (secondary N) is 1. The van der Waals surface area contributed by atoms with Gasteiger partial charge in [-0.1, -0.05) is 6.92 Å². The molecule has 0 spiro atoms. The first-order chi connectivity index (χ1) is 5.83. The van der Waals surface area contributed by atoms with Crippen LogP contribution in [-0.2, 0) is 4.74 Å². The summed E-state index contributed by atoms with van der Waals surface area (Å²) in [5.74, 6) is 0. The van der Waals surface area contributed by atoms with E-state index >= 15 is 0 Å². The fraction of sp³-hybridized carbons (Fsp3) is 1.00. The lowest BCUT2D eigenvalue weighted by Gasteiger charge is -2.41. The van der Waals surface area contributed by atoms with Crippen molar-refractivity contribution in [3.05, 3.63) is 0 Å². The van der Waals surface area contributed by atoms with Gasteiger partial charge in [0.1, 0.15) is 0 Å². The van der Waals surface area contributed by atoms with E-state index in [1.54, 1.807) is 0 Å². The number of hydrogen-bond acceptors (Lipinski definition) is 2. The van der Waals surface area contributed by atoms with Gasteiger partial charge < -0.3 is 10.1 Å². The molecule has 0 unspecified atom stereocenters. The van der Waals surface area contributed by atoms with Crippen LogP contribution in [-0.4, -0.2) is 25.3 Å². The molecule has 1 rings (SSSR count). The summed E-state index contributed by atoms with van der Waals surface area (Å²) < 4.78 is 5.77. The van der Waals surface area contributed by atoms with Gasteiger partial charge in [-0.2, -0.15) is 0 Å². The van der Waals surface area contributed by atoms with Crippen LogP contribution in [0.5, 0.6) is 0 Å². The average Bonchev–Trinajstić information content (AvgIpc) is 2.00. The van der Waals surface area contributed by atoms with Gasteiger partial charge in [-0.15, -0.1) is 0 Å². The molecule has 0 aromatic carbocycles. The molecule has 1 aliphatic carbocycles. The second-order valence-corrected chi connectivity index (χ2v) is 3.57. The molecule has 1 N–H and O–H groups in total. The van der Waals surface area contributed by atoms with Crippen molar-refractivity contribution in [3.63, 3.8) is 0 Å². The lowest BCUT2D eigenvalue weighted by molar-refractivity contribution is -0.0991. The molecule has 0 aromatic heterocycles. The summed E-state index contributed by atoms with van der Waals surface area (Å²) in [5, 5.41) is 3.35. The molecule has 0 saturated heterocycles. The van der Waals surface area contributed by atoms with Crippen LogP contribution in [0.25, 0.3) is 0 Å². The third-order valence-corrected chi connectivity index (χ3v) is 2.72. The molecule has 0 bridgehead atoms. The van der Waals surface area contributed by atoms with Crippen molar-refractivity contribution >= 4 is 0 Å². The summed E-state index contributed by atoms with van der Waals surface area (Å²) in [6.45, 7) is 7.28. The van der Waals surface area contributed by atoms with Gasteiger partial charge in [0.2, 0.25) is 0 Å². The number of hydrogen-bond donors (Lipinski definition) is 1. The summed E-state index contributed by atoms with van der Waals surface area (Å²) in [6, 6.07) is 0. The van der Waals surface area contributed by atoms with Crippen LogP contribution >= 0.6 is 0 Å². The Morgan fingerprint density at radius 1 is 1.33 bits per heavy atom. The van der Waals surface area contributed by atoms with E-state index in [1.807, 2.05) is 0 Å². The van der Waals surface area contributed by atoms with Crippen LogP contribution in [0, 0.1) is 0 Å². The third-order valence-electron chi connectivity index (χ3n) is 2.72. The van der Waals surface area contributed by atoms with E-state index in [0.717, 1.165) is 19.7 Å². The molecule has 1 aliphatic rings. The Hall–Kier alpha value is -0.0800. The predicted molar refractivity (Wildman–Crippen MR) is 51.4 cm³/mol. The topological polar surface area (TPSA) is 21.3 Å². The molecule has 12 heavy (non-hydrogen) atoms. The zero-order chi connectivity index (χ0) is 8.86. The number of rotatable bonds is 6. The van der Waals surface area contributed by atoms with Gasteiger partial charge >= 0.3 is 0 Å². The normalized spacial score (nSPS) is 20.5. The molecule has 2 heteroatoms. The van der Waals surface area contributed by atoms with Crippen molar-refractivity contribution in [2.45, 2.75) is 45.1 Å². The first-order valence-electron chi connectivity index (χ1n) is 5.17. The van der Waals surface area contributed by atoms with Gasteiger partial charge in [0.25, 0.3) is 0 Å². The van der Waals surface area contributed by atoms with Crippen LogP contribution in [0.2, 0.25) is 0 Å². The highest BCUT2D eigenvalue weighted by molar-refractivity contribution is 4.90. The SMILES string of the molecule is CCNCCC1(OCC)CCC1. The van der Waals surface area contributed by atoms with Gasteiger partial charge in [-0.05, 0) is 45.7 Å². The molecule has 2 nitrogen and oxygen atoms in total. The minimum absolute atomic E-state index is 0.261. The summed E-state index contributed by atoms with van der Waals surface area (Å²) in [4.78, 5) is 0. The van der Waals surface area contributed by atoms with Crippen molar-refractivity contribution in [2.75, 3.05) is 19.7 Å². The Bertz CT molecular complexity index is 121. The average molecular weight is 171 g/mol. The van der Waals surface area contributed by atoms with Crippen molar-refractivity contribution < 1.29 is 4.74 Å². The lowest BCUT2D eigenvalue weighted by Crippen LogP contribution is -2.42. The van der Waals surface area contributed by atoms with Crippen molar-refractivity contribution in [1.29, 1.82) is 0 Å². The quantitative estimate of drug-likeness (QED) is 0.617. The molecular formula is C10H21NO. The molecule has 72 valence electrons. The standard InChI is InChI=1S/C10H21NO/c1-3-11-9-8-10(12-4-2)6-5-7-10/h11H,3-9H2,1-2H3. The fourth-order valence-electron chi connectivity index (χ4n) is 1.84. The smallest absolute Gasteiger partial charge is 0.0694 e. The molecular weight excluding hydrogens is 150 g/mol. The Labute approximate surface area is 75.7 Å². The first kappa shape index (κ1) is 10.0. The second-order valence-electron chi connectivity index (χ2n) is 3.57. The lowest BCUT2D eigenvalue weighted by atomic mass is 9.77. The minimum atomic E-state index is 0.261. The van der Waals surface area contributed by atoms with E-state index in [-0.39, 0.29) is 5.60 Å². The summed E-state index contributed by atoms with van der Waals surface area (Å²) >= 11 is 0. The molecule has 0 atom stereocenters. The highest BCUT2D eigenvalue weighted by Crippen LogP contribution is 2.38. The Morgan fingerprint density at radius 3 is 2.50 bits per heavy atom. The van der Waals surface area contributed by atoms with Crippen LogP contribution < -0.4 is 5.32 Å². The summed E-state index contributed by atoms with van der Waals surface area (Å²) in [6.07, 6.45) is 5.08. The van der Waals surface area contributed by atoms with Gasteiger partial charge in [0, 0.05) is 6.61 Å². The van der Waals surface area contributed by atoms with Gasteiger partial charge in [0.15, 0.2) is 0 Å². The Morgan fingerprint density at radius 2 is 2.08 bits per heavy atom. The Balaban J connectivity index is 2.15. The number of ether oxygens (including phenoxy) is 1. The van der Waals surface area contributed by atoms with E-state index in [9.17, 15) is 0 Å². The summed E-state index contributed by atoms with van der Waals surface area (Å²) in [7, 11) is 0. The highest BCUT2D eigenvalue weighted by atomic mass is 16.5. The third kappa shape index (κ3) is 2.46. The van der Waals surface area contributed by atoms with E-state index in [1.165, 1.54) is 25.7 Å². The fourth-order valence-corrected chi connectivity index (χ4v) is 1.84. The van der Waals surface area contributed by atoms with E-state index < -0.39 is 0 Å². The van der Waals surface area contributed by atoms with Crippen molar-refractivity contribution in [1.82, 2.24) is 5.32 Å². The van der Waals surface area contributed by atoms with E-state index in [2.05, 4.69) is 19.2 Å². The predicted octanol–water partition coefficient (Wildman–Crippen LogP) is 1.95. The second kappa shape index (κ2) is 4.83. The maximum Gasteiger partial charge on any atom is 0.0694 e. The molecule has 0 aromatic rings. The molecule has 0 radical (unpaired) electrons. The van der Waals surface area contributed by atoms with Gasteiger partial charge in [0.05, 0.1) is 5.60 Å². The van der Waals surface area contributed by atoms with E-state index in [0.29, 0.717) is 0 Å². The molecule has 0 aliphatic heterocycles.